The first-order chi connectivity index (χ1) is 11.6. The molecular formula is C19H13N5. The van der Waals surface area contributed by atoms with Crippen LogP contribution in [-0.2, 0) is 0 Å². The number of rotatable bonds is 1. The molecule has 0 aliphatic heterocycles. The molecule has 24 heavy (non-hydrogen) atoms. The summed E-state index contributed by atoms with van der Waals surface area (Å²) in [5, 5.41) is 8.90. The molecule has 2 heterocycles. The number of fused-ring (bicyclic) bond motifs is 2. The van der Waals surface area contributed by atoms with Gasteiger partial charge in [-0.2, -0.15) is 5.26 Å². The second kappa shape index (κ2) is 5.36. The van der Waals surface area contributed by atoms with Crippen molar-refractivity contribution in [2.75, 3.05) is 0 Å². The lowest BCUT2D eigenvalue weighted by molar-refractivity contribution is 1.07. The van der Waals surface area contributed by atoms with Crippen molar-refractivity contribution >= 4 is 22.3 Å². The van der Waals surface area contributed by atoms with Crippen molar-refractivity contribution < 1.29 is 0 Å². The SMILES string of the molecule is Cc1nc2nc3ccc(-c4ccc(C#N)cc4)cc3nc2nc1C. The summed E-state index contributed by atoms with van der Waals surface area (Å²) in [7, 11) is 0. The summed E-state index contributed by atoms with van der Waals surface area (Å²) in [5.74, 6) is 0. The molecule has 0 amide bonds. The smallest absolute Gasteiger partial charge is 0.198 e. The first-order valence-corrected chi connectivity index (χ1v) is 7.57. The van der Waals surface area contributed by atoms with Gasteiger partial charge >= 0.3 is 0 Å². The van der Waals surface area contributed by atoms with Crippen molar-refractivity contribution in [2.24, 2.45) is 0 Å². The Morgan fingerprint density at radius 1 is 0.708 bits per heavy atom. The van der Waals surface area contributed by atoms with E-state index in [1.165, 1.54) is 0 Å². The fraction of sp³-hybridized carbons (Fsp3) is 0.105. The van der Waals surface area contributed by atoms with Crippen LogP contribution in [0.25, 0.3) is 33.5 Å². The molecule has 2 aromatic carbocycles. The maximum atomic E-state index is 8.90. The highest BCUT2D eigenvalue weighted by Crippen LogP contribution is 2.24. The van der Waals surface area contributed by atoms with E-state index < -0.39 is 0 Å². The van der Waals surface area contributed by atoms with Crippen LogP contribution in [0.2, 0.25) is 0 Å². The van der Waals surface area contributed by atoms with E-state index in [2.05, 4.69) is 26.0 Å². The van der Waals surface area contributed by atoms with E-state index >= 15 is 0 Å². The van der Waals surface area contributed by atoms with Gasteiger partial charge in [0.25, 0.3) is 0 Å². The topological polar surface area (TPSA) is 75.3 Å². The molecule has 0 fully saturated rings. The highest BCUT2D eigenvalue weighted by Gasteiger charge is 2.08. The monoisotopic (exact) mass is 311 g/mol. The molecule has 0 bridgehead atoms. The van der Waals surface area contributed by atoms with Crippen LogP contribution >= 0.6 is 0 Å². The molecule has 0 saturated carbocycles. The van der Waals surface area contributed by atoms with E-state index in [0.717, 1.165) is 33.5 Å². The fourth-order valence-corrected chi connectivity index (χ4v) is 2.58. The van der Waals surface area contributed by atoms with Crippen molar-refractivity contribution in [3.8, 4) is 17.2 Å². The molecule has 0 radical (unpaired) electrons. The quantitative estimate of drug-likeness (QED) is 0.501. The van der Waals surface area contributed by atoms with Crippen molar-refractivity contribution in [1.82, 2.24) is 19.9 Å². The van der Waals surface area contributed by atoms with E-state index in [0.29, 0.717) is 16.9 Å². The molecule has 0 atom stereocenters. The van der Waals surface area contributed by atoms with Gasteiger partial charge in [-0.15, -0.1) is 0 Å². The van der Waals surface area contributed by atoms with Gasteiger partial charge in [0.05, 0.1) is 34.1 Å². The van der Waals surface area contributed by atoms with Crippen molar-refractivity contribution in [2.45, 2.75) is 13.8 Å². The highest BCUT2D eigenvalue weighted by atomic mass is 15.0. The van der Waals surface area contributed by atoms with Gasteiger partial charge in [-0.3, -0.25) is 0 Å². The lowest BCUT2D eigenvalue weighted by atomic mass is 10.0. The number of aryl methyl sites for hydroxylation is 2. The summed E-state index contributed by atoms with van der Waals surface area (Å²) in [6.07, 6.45) is 0. The summed E-state index contributed by atoms with van der Waals surface area (Å²) in [4.78, 5) is 18.1. The van der Waals surface area contributed by atoms with E-state index in [9.17, 15) is 0 Å². The van der Waals surface area contributed by atoms with E-state index in [-0.39, 0.29) is 0 Å². The van der Waals surface area contributed by atoms with Crippen LogP contribution in [0.3, 0.4) is 0 Å². The lowest BCUT2D eigenvalue weighted by Gasteiger charge is -2.06. The molecule has 0 aliphatic carbocycles. The first kappa shape index (κ1) is 14.2. The maximum absolute atomic E-state index is 8.90. The Kier molecular flexibility index (Phi) is 3.17. The van der Waals surface area contributed by atoms with Crippen LogP contribution in [0.4, 0.5) is 0 Å². The van der Waals surface area contributed by atoms with Gasteiger partial charge in [0.2, 0.25) is 0 Å². The second-order valence-electron chi connectivity index (χ2n) is 5.66. The fourth-order valence-electron chi connectivity index (χ4n) is 2.58. The molecule has 0 saturated heterocycles. The third kappa shape index (κ3) is 2.34. The number of hydrogen-bond donors (Lipinski definition) is 0. The zero-order valence-electron chi connectivity index (χ0n) is 13.3. The molecule has 2 aromatic heterocycles. The summed E-state index contributed by atoms with van der Waals surface area (Å²) < 4.78 is 0. The molecule has 0 unspecified atom stereocenters. The summed E-state index contributed by atoms with van der Waals surface area (Å²) in [5.41, 5.74) is 7.12. The molecular weight excluding hydrogens is 298 g/mol. The zero-order valence-corrected chi connectivity index (χ0v) is 13.3. The summed E-state index contributed by atoms with van der Waals surface area (Å²) in [6.45, 7) is 3.84. The average Bonchev–Trinajstić information content (AvgIpc) is 2.61. The molecule has 4 aromatic rings. The van der Waals surface area contributed by atoms with Gasteiger partial charge < -0.3 is 0 Å². The van der Waals surface area contributed by atoms with Gasteiger partial charge in [-0.1, -0.05) is 18.2 Å². The minimum atomic E-state index is 0.558. The number of benzene rings is 2. The van der Waals surface area contributed by atoms with Gasteiger partial charge in [0.15, 0.2) is 11.3 Å². The Morgan fingerprint density at radius 3 is 1.92 bits per heavy atom. The highest BCUT2D eigenvalue weighted by molar-refractivity contribution is 5.86. The van der Waals surface area contributed by atoms with E-state index in [1.807, 2.05) is 56.3 Å². The summed E-state index contributed by atoms with van der Waals surface area (Å²) in [6, 6.07) is 15.5. The second-order valence-corrected chi connectivity index (χ2v) is 5.66. The third-order valence-electron chi connectivity index (χ3n) is 4.05. The lowest BCUT2D eigenvalue weighted by Crippen LogP contribution is -1.98. The Balaban J connectivity index is 1.89. The number of hydrogen-bond acceptors (Lipinski definition) is 5. The van der Waals surface area contributed by atoms with Crippen LogP contribution in [0.1, 0.15) is 17.0 Å². The van der Waals surface area contributed by atoms with E-state index in [1.54, 1.807) is 0 Å². The van der Waals surface area contributed by atoms with Crippen LogP contribution in [-0.4, -0.2) is 19.9 Å². The zero-order chi connectivity index (χ0) is 16.7. The van der Waals surface area contributed by atoms with E-state index in [4.69, 9.17) is 5.26 Å². The van der Waals surface area contributed by atoms with Gasteiger partial charge in [0, 0.05) is 0 Å². The average molecular weight is 311 g/mol. The van der Waals surface area contributed by atoms with Crippen molar-refractivity contribution in [3.63, 3.8) is 0 Å². The Bertz CT molecular complexity index is 1120. The predicted octanol–water partition coefficient (Wildman–Crippen LogP) is 3.73. The van der Waals surface area contributed by atoms with Gasteiger partial charge in [-0.25, -0.2) is 19.9 Å². The molecule has 5 nitrogen and oxygen atoms in total. The van der Waals surface area contributed by atoms with Crippen LogP contribution in [0.15, 0.2) is 42.5 Å². The molecule has 0 N–H and O–H groups in total. The predicted molar refractivity (Wildman–Crippen MR) is 92.3 cm³/mol. The van der Waals surface area contributed by atoms with Crippen molar-refractivity contribution in [3.05, 3.63) is 59.4 Å². The third-order valence-corrected chi connectivity index (χ3v) is 4.05. The number of nitrogens with zero attached hydrogens (tertiary/aromatic N) is 5. The normalized spacial score (nSPS) is 10.9. The largest absolute Gasteiger partial charge is 0.229 e. The Labute approximate surface area is 138 Å². The van der Waals surface area contributed by atoms with Crippen LogP contribution in [0.5, 0.6) is 0 Å². The van der Waals surface area contributed by atoms with Crippen LogP contribution in [0, 0.1) is 25.2 Å². The van der Waals surface area contributed by atoms with Gasteiger partial charge in [-0.05, 0) is 49.2 Å². The summed E-state index contributed by atoms with van der Waals surface area (Å²) >= 11 is 0. The molecule has 5 heteroatoms. The molecule has 4 rings (SSSR count). The maximum Gasteiger partial charge on any atom is 0.198 e. The number of aromatic nitrogens is 4. The van der Waals surface area contributed by atoms with Crippen molar-refractivity contribution in [1.29, 1.82) is 5.26 Å². The minimum absolute atomic E-state index is 0.558. The molecule has 114 valence electrons. The minimum Gasteiger partial charge on any atom is -0.229 e. The number of nitriles is 1. The first-order valence-electron chi connectivity index (χ1n) is 7.57. The molecule has 0 aliphatic rings. The Hall–Kier alpha value is -3.39. The molecule has 0 spiro atoms. The Morgan fingerprint density at radius 2 is 1.29 bits per heavy atom. The standard InChI is InChI=1S/C19H13N5/c1-11-12(2)22-19-18(21-11)23-16-8-7-15(9-17(16)24-19)14-5-3-13(10-20)4-6-14/h3-9H,1-2H3. The van der Waals surface area contributed by atoms with Crippen LogP contribution < -0.4 is 0 Å². The van der Waals surface area contributed by atoms with Gasteiger partial charge in [0.1, 0.15) is 0 Å².